The Balaban J connectivity index is 1.88. The first kappa shape index (κ1) is 22.2. The van der Waals surface area contributed by atoms with Gasteiger partial charge in [0.1, 0.15) is 12.3 Å². The number of aliphatic hydroxyl groups is 1. The normalized spacial score (nSPS) is 11.3. The van der Waals surface area contributed by atoms with Crippen LogP contribution in [-0.2, 0) is 6.18 Å². The maximum Gasteiger partial charge on any atom is 0.433 e. The third-order valence-electron chi connectivity index (χ3n) is 4.39. The monoisotopic (exact) mass is 431 g/mol. The summed E-state index contributed by atoms with van der Waals surface area (Å²) in [5.74, 6) is -0.324. The summed E-state index contributed by atoms with van der Waals surface area (Å²) in [7, 11) is 0. The molecule has 6 nitrogen and oxygen atoms in total. The zero-order valence-electron chi connectivity index (χ0n) is 16.8. The molecule has 2 heterocycles. The molecule has 0 radical (unpaired) electrons. The van der Waals surface area contributed by atoms with Crippen LogP contribution in [-0.4, -0.2) is 34.2 Å². The highest BCUT2D eigenvalue weighted by atomic mass is 19.4. The lowest BCUT2D eigenvalue weighted by atomic mass is 10.00. The Kier molecular flexibility index (Phi) is 6.55. The Labute approximate surface area is 176 Å². The first-order valence-electron chi connectivity index (χ1n) is 9.35. The molecule has 0 spiro atoms. The van der Waals surface area contributed by atoms with Gasteiger partial charge in [0.25, 0.3) is 5.91 Å². The minimum Gasteiger partial charge on any atom is -0.475 e. The van der Waals surface area contributed by atoms with Gasteiger partial charge in [0.2, 0.25) is 5.88 Å². The van der Waals surface area contributed by atoms with E-state index in [0.29, 0.717) is 23.3 Å². The molecule has 0 aliphatic rings. The maximum atomic E-state index is 12.9. The van der Waals surface area contributed by atoms with Crippen molar-refractivity contribution in [1.82, 2.24) is 9.97 Å². The van der Waals surface area contributed by atoms with Crippen molar-refractivity contribution in [1.29, 1.82) is 0 Å². The van der Waals surface area contributed by atoms with Gasteiger partial charge < -0.3 is 15.2 Å². The van der Waals surface area contributed by atoms with Crippen LogP contribution in [0.3, 0.4) is 0 Å². The summed E-state index contributed by atoms with van der Waals surface area (Å²) in [5.41, 5.74) is 2.34. The molecule has 162 valence electrons. The number of hydrogen-bond donors (Lipinski definition) is 2. The second kappa shape index (κ2) is 9.13. The summed E-state index contributed by atoms with van der Waals surface area (Å²) in [6, 6.07) is 10.7. The van der Waals surface area contributed by atoms with Crippen LogP contribution < -0.4 is 10.1 Å². The Morgan fingerprint density at radius 2 is 1.90 bits per heavy atom. The number of carbonyl (C=O) groups excluding carboxylic acids is 1. The number of halogens is 3. The molecule has 0 aliphatic carbocycles. The van der Waals surface area contributed by atoms with E-state index in [1.165, 1.54) is 6.07 Å². The van der Waals surface area contributed by atoms with Crippen LogP contribution in [0.25, 0.3) is 11.1 Å². The van der Waals surface area contributed by atoms with E-state index in [0.717, 1.165) is 22.9 Å². The quantitative estimate of drug-likeness (QED) is 0.604. The fraction of sp³-hybridized carbons (Fsp3) is 0.227. The first-order valence-corrected chi connectivity index (χ1v) is 9.35. The summed E-state index contributed by atoms with van der Waals surface area (Å²) >= 11 is 0. The van der Waals surface area contributed by atoms with Crippen molar-refractivity contribution in [2.75, 3.05) is 18.5 Å². The van der Waals surface area contributed by atoms with Gasteiger partial charge in [0, 0.05) is 29.2 Å². The molecule has 0 unspecified atom stereocenters. The summed E-state index contributed by atoms with van der Waals surface area (Å²) in [6.07, 6.45) is -3.69. The predicted octanol–water partition coefficient (Wildman–Crippen LogP) is 4.40. The van der Waals surface area contributed by atoms with Crippen LogP contribution in [0.1, 0.15) is 27.3 Å². The molecule has 0 atom stereocenters. The number of ether oxygens (including phenoxy) is 1. The number of benzene rings is 1. The van der Waals surface area contributed by atoms with Gasteiger partial charge in [-0.3, -0.25) is 9.78 Å². The van der Waals surface area contributed by atoms with Gasteiger partial charge in [-0.05, 0) is 60.9 Å². The number of alkyl halides is 3. The Morgan fingerprint density at radius 1 is 1.13 bits per heavy atom. The number of aryl methyl sites for hydroxylation is 2. The Hall–Kier alpha value is -3.46. The number of pyridine rings is 2. The zero-order valence-corrected chi connectivity index (χ0v) is 16.8. The van der Waals surface area contributed by atoms with Crippen LogP contribution in [0.2, 0.25) is 0 Å². The van der Waals surface area contributed by atoms with E-state index in [2.05, 4.69) is 15.3 Å². The third kappa shape index (κ3) is 5.58. The van der Waals surface area contributed by atoms with Gasteiger partial charge in [-0.2, -0.15) is 13.2 Å². The standard InChI is InChI=1S/C22H20F3N3O3/c1-13-3-4-17(28-21(30)15-5-6-26-19(10-15)22(23,24)25)12-18(13)16-9-14(2)27-20(11-16)31-8-7-29/h3-6,9-12,29H,7-8H2,1-2H3,(H,28,30). The molecule has 3 rings (SSSR count). The molecule has 0 aliphatic heterocycles. The maximum absolute atomic E-state index is 12.9. The molecule has 9 heteroatoms. The number of rotatable bonds is 6. The van der Waals surface area contributed by atoms with E-state index in [1.807, 2.05) is 13.0 Å². The number of aromatic nitrogens is 2. The summed E-state index contributed by atoms with van der Waals surface area (Å²) in [5, 5.41) is 11.6. The second-order valence-electron chi connectivity index (χ2n) is 6.82. The molecule has 3 aromatic rings. The highest BCUT2D eigenvalue weighted by molar-refractivity contribution is 6.04. The minimum atomic E-state index is -4.64. The van der Waals surface area contributed by atoms with Crippen molar-refractivity contribution in [2.45, 2.75) is 20.0 Å². The lowest BCUT2D eigenvalue weighted by Gasteiger charge is -2.13. The fourth-order valence-electron chi connectivity index (χ4n) is 2.96. The Bertz CT molecular complexity index is 1100. The fourth-order valence-corrected chi connectivity index (χ4v) is 2.96. The predicted molar refractivity (Wildman–Crippen MR) is 109 cm³/mol. The summed E-state index contributed by atoms with van der Waals surface area (Å²) in [6.45, 7) is 3.66. The highest BCUT2D eigenvalue weighted by Gasteiger charge is 2.32. The molecule has 0 saturated carbocycles. The molecule has 2 N–H and O–H groups in total. The average Bonchev–Trinajstić information content (AvgIpc) is 2.72. The molecule has 0 saturated heterocycles. The van der Waals surface area contributed by atoms with Crippen molar-refractivity contribution >= 4 is 11.6 Å². The van der Waals surface area contributed by atoms with Crippen LogP contribution in [0, 0.1) is 13.8 Å². The minimum absolute atomic E-state index is 0.108. The largest absolute Gasteiger partial charge is 0.475 e. The van der Waals surface area contributed by atoms with Crippen molar-refractivity contribution in [3.05, 3.63) is 71.2 Å². The molecule has 0 bridgehead atoms. The van der Waals surface area contributed by atoms with Gasteiger partial charge in [-0.25, -0.2) is 4.98 Å². The van der Waals surface area contributed by atoms with Gasteiger partial charge in [-0.1, -0.05) is 6.07 Å². The van der Waals surface area contributed by atoms with Gasteiger partial charge >= 0.3 is 6.18 Å². The number of hydrogen-bond acceptors (Lipinski definition) is 5. The van der Waals surface area contributed by atoms with Crippen molar-refractivity contribution in [3.63, 3.8) is 0 Å². The van der Waals surface area contributed by atoms with Crippen LogP contribution in [0.5, 0.6) is 5.88 Å². The van der Waals surface area contributed by atoms with Gasteiger partial charge in [-0.15, -0.1) is 0 Å². The molecule has 1 aromatic carbocycles. The highest BCUT2D eigenvalue weighted by Crippen LogP contribution is 2.30. The number of nitrogens with one attached hydrogen (secondary N) is 1. The van der Waals surface area contributed by atoms with Gasteiger partial charge in [0.05, 0.1) is 6.61 Å². The number of nitrogens with zero attached hydrogens (tertiary/aromatic N) is 2. The van der Waals surface area contributed by atoms with Crippen LogP contribution in [0.4, 0.5) is 18.9 Å². The number of anilines is 1. The molecule has 31 heavy (non-hydrogen) atoms. The zero-order chi connectivity index (χ0) is 22.6. The molecule has 1 amide bonds. The topological polar surface area (TPSA) is 84.3 Å². The Morgan fingerprint density at radius 3 is 2.61 bits per heavy atom. The lowest BCUT2D eigenvalue weighted by Crippen LogP contribution is -2.15. The SMILES string of the molecule is Cc1cc(-c2cc(NC(=O)c3ccnc(C(F)(F)F)c3)ccc2C)cc(OCCO)n1. The van der Waals surface area contributed by atoms with E-state index >= 15 is 0 Å². The number of amides is 1. The summed E-state index contributed by atoms with van der Waals surface area (Å²) in [4.78, 5) is 20.0. The third-order valence-corrected chi connectivity index (χ3v) is 4.39. The van der Waals surface area contributed by atoms with Crippen molar-refractivity contribution in [3.8, 4) is 17.0 Å². The van der Waals surface area contributed by atoms with Crippen LogP contribution in [0.15, 0.2) is 48.7 Å². The second-order valence-corrected chi connectivity index (χ2v) is 6.82. The first-order chi connectivity index (χ1) is 14.7. The molecule has 0 fully saturated rings. The van der Waals surface area contributed by atoms with E-state index in [1.54, 1.807) is 31.2 Å². The average molecular weight is 431 g/mol. The summed E-state index contributed by atoms with van der Waals surface area (Å²) < 4.78 is 44.0. The van der Waals surface area contributed by atoms with Crippen LogP contribution >= 0.6 is 0 Å². The molecular formula is C22H20F3N3O3. The van der Waals surface area contributed by atoms with Gasteiger partial charge in [0.15, 0.2) is 0 Å². The number of carbonyl (C=O) groups is 1. The van der Waals surface area contributed by atoms with Crippen molar-refractivity contribution < 1.29 is 27.8 Å². The van der Waals surface area contributed by atoms with E-state index < -0.39 is 17.8 Å². The van der Waals surface area contributed by atoms with Crippen molar-refractivity contribution in [2.24, 2.45) is 0 Å². The molecule has 2 aromatic heterocycles. The smallest absolute Gasteiger partial charge is 0.433 e. The lowest BCUT2D eigenvalue weighted by molar-refractivity contribution is -0.141. The van der Waals surface area contributed by atoms with E-state index in [4.69, 9.17) is 9.84 Å². The molecular weight excluding hydrogens is 411 g/mol. The van der Waals surface area contributed by atoms with E-state index in [9.17, 15) is 18.0 Å². The van der Waals surface area contributed by atoms with E-state index in [-0.39, 0.29) is 18.8 Å². The number of aliphatic hydroxyl groups excluding tert-OH is 1.